The highest BCUT2D eigenvalue weighted by Crippen LogP contribution is 2.20. The van der Waals surface area contributed by atoms with E-state index in [4.69, 9.17) is 11.6 Å². The van der Waals surface area contributed by atoms with Crippen molar-refractivity contribution in [3.63, 3.8) is 0 Å². The highest BCUT2D eigenvalue weighted by atomic mass is 35.5. The first-order valence-corrected chi connectivity index (χ1v) is 6.55. The van der Waals surface area contributed by atoms with Gasteiger partial charge in [0.2, 0.25) is 0 Å². The van der Waals surface area contributed by atoms with Gasteiger partial charge in [-0.05, 0) is 17.7 Å². The molecule has 20 heavy (non-hydrogen) atoms. The van der Waals surface area contributed by atoms with Crippen LogP contribution in [0.3, 0.4) is 0 Å². The monoisotopic (exact) mass is 289 g/mol. The van der Waals surface area contributed by atoms with E-state index in [1.165, 1.54) is 4.52 Å². The number of hydrogen-bond donors (Lipinski definition) is 2. The largest absolute Gasteiger partial charge is 0.367 e. The molecular formula is C13H12ClN5O. The Morgan fingerprint density at radius 2 is 2.05 bits per heavy atom. The Bertz CT molecular complexity index is 767. The second-order valence-electron chi connectivity index (χ2n) is 4.28. The first-order valence-electron chi connectivity index (χ1n) is 6.11. The molecule has 2 N–H and O–H groups in total. The van der Waals surface area contributed by atoms with Gasteiger partial charge >= 0.3 is 5.69 Å². The number of halogens is 1. The molecule has 1 unspecified atom stereocenters. The van der Waals surface area contributed by atoms with Gasteiger partial charge in [0.1, 0.15) is 5.82 Å². The summed E-state index contributed by atoms with van der Waals surface area (Å²) in [7, 11) is 0. The molecule has 0 aliphatic rings. The van der Waals surface area contributed by atoms with Crippen molar-refractivity contribution in [2.24, 2.45) is 0 Å². The lowest BCUT2D eigenvalue weighted by Gasteiger charge is -2.11. The minimum Gasteiger partial charge on any atom is -0.367 e. The van der Waals surface area contributed by atoms with Gasteiger partial charge in [0.05, 0.1) is 5.38 Å². The molecule has 1 atom stereocenters. The second kappa shape index (κ2) is 5.34. The van der Waals surface area contributed by atoms with Crippen molar-refractivity contribution in [2.45, 2.75) is 5.38 Å². The van der Waals surface area contributed by atoms with Crippen LogP contribution in [0, 0.1) is 0 Å². The molecule has 3 aromatic rings. The lowest BCUT2D eigenvalue weighted by molar-refractivity contribution is 0.867. The van der Waals surface area contributed by atoms with Crippen LogP contribution < -0.4 is 11.0 Å². The van der Waals surface area contributed by atoms with E-state index >= 15 is 0 Å². The Labute approximate surface area is 119 Å². The second-order valence-corrected chi connectivity index (χ2v) is 4.80. The average molecular weight is 290 g/mol. The predicted molar refractivity (Wildman–Crippen MR) is 77.1 cm³/mol. The molecule has 0 saturated heterocycles. The number of anilines is 1. The third kappa shape index (κ3) is 2.50. The Kier molecular flexibility index (Phi) is 3.39. The molecule has 7 heteroatoms. The zero-order chi connectivity index (χ0) is 13.9. The summed E-state index contributed by atoms with van der Waals surface area (Å²) >= 11 is 6.31. The average Bonchev–Trinajstić information content (AvgIpc) is 2.87. The van der Waals surface area contributed by atoms with Crippen molar-refractivity contribution < 1.29 is 0 Å². The summed E-state index contributed by atoms with van der Waals surface area (Å²) in [6, 6.07) is 13.2. The molecule has 0 amide bonds. The molecule has 0 spiro atoms. The third-order valence-electron chi connectivity index (χ3n) is 2.90. The maximum atomic E-state index is 11.4. The third-order valence-corrected chi connectivity index (χ3v) is 3.30. The van der Waals surface area contributed by atoms with E-state index in [0.29, 0.717) is 18.0 Å². The van der Waals surface area contributed by atoms with Gasteiger partial charge in [0, 0.05) is 6.54 Å². The van der Waals surface area contributed by atoms with Crippen molar-refractivity contribution in [1.29, 1.82) is 0 Å². The van der Waals surface area contributed by atoms with Gasteiger partial charge in [-0.1, -0.05) is 30.3 Å². The van der Waals surface area contributed by atoms with Crippen molar-refractivity contribution in [2.75, 3.05) is 11.9 Å². The Hall–Kier alpha value is -2.34. The van der Waals surface area contributed by atoms with Gasteiger partial charge in [0.25, 0.3) is 0 Å². The molecule has 0 radical (unpaired) electrons. The minimum absolute atomic E-state index is 0.172. The van der Waals surface area contributed by atoms with Crippen LogP contribution in [0.5, 0.6) is 0 Å². The highest BCUT2D eigenvalue weighted by Gasteiger charge is 2.08. The van der Waals surface area contributed by atoms with Crippen LogP contribution in [0.4, 0.5) is 5.82 Å². The van der Waals surface area contributed by atoms with Crippen LogP contribution in [0.2, 0.25) is 0 Å². The molecule has 1 aromatic carbocycles. The molecule has 2 aromatic heterocycles. The summed E-state index contributed by atoms with van der Waals surface area (Å²) < 4.78 is 1.20. The molecule has 0 aliphatic heterocycles. The van der Waals surface area contributed by atoms with Crippen molar-refractivity contribution in [1.82, 2.24) is 19.8 Å². The predicted octanol–water partition coefficient (Wildman–Crippen LogP) is 1.81. The zero-order valence-electron chi connectivity index (χ0n) is 10.5. The fraction of sp³-hybridized carbons (Fsp3) is 0.154. The quantitative estimate of drug-likeness (QED) is 0.718. The maximum Gasteiger partial charge on any atom is 0.364 e. The number of aromatic nitrogens is 4. The molecular weight excluding hydrogens is 278 g/mol. The summed E-state index contributed by atoms with van der Waals surface area (Å²) in [5, 5.41) is 13.2. The molecule has 3 rings (SSSR count). The van der Waals surface area contributed by atoms with Crippen molar-refractivity contribution in [3.8, 4) is 0 Å². The standard InChI is InChI=1S/C13H12ClN5O/c14-10(9-4-2-1-3-5-9)8-15-11-6-7-12-16-17-13(20)19(12)18-11/h1-7,10H,8H2,(H,15,18)(H,17,20). The van der Waals surface area contributed by atoms with Crippen LogP contribution in [-0.4, -0.2) is 26.4 Å². The topological polar surface area (TPSA) is 75.1 Å². The van der Waals surface area contributed by atoms with Gasteiger partial charge in [0.15, 0.2) is 5.65 Å². The van der Waals surface area contributed by atoms with E-state index < -0.39 is 0 Å². The zero-order valence-corrected chi connectivity index (χ0v) is 11.2. The number of alkyl halides is 1. The number of nitrogens with one attached hydrogen (secondary N) is 2. The number of aromatic amines is 1. The Morgan fingerprint density at radius 1 is 1.25 bits per heavy atom. The van der Waals surface area contributed by atoms with E-state index in [9.17, 15) is 4.79 Å². The van der Waals surface area contributed by atoms with Crippen LogP contribution >= 0.6 is 11.6 Å². The van der Waals surface area contributed by atoms with Gasteiger partial charge < -0.3 is 5.32 Å². The first-order chi connectivity index (χ1) is 9.74. The fourth-order valence-corrected chi connectivity index (χ4v) is 2.09. The lowest BCUT2D eigenvalue weighted by Crippen LogP contribution is -2.15. The number of nitrogens with zero attached hydrogens (tertiary/aromatic N) is 3. The van der Waals surface area contributed by atoms with Crippen LogP contribution in [0.1, 0.15) is 10.9 Å². The fourth-order valence-electron chi connectivity index (χ4n) is 1.87. The minimum atomic E-state index is -0.367. The highest BCUT2D eigenvalue weighted by molar-refractivity contribution is 6.21. The normalized spacial score (nSPS) is 12.4. The van der Waals surface area contributed by atoms with Crippen LogP contribution in [-0.2, 0) is 0 Å². The molecule has 0 aliphatic carbocycles. The summed E-state index contributed by atoms with van der Waals surface area (Å²) in [6.07, 6.45) is 0. The molecule has 0 saturated carbocycles. The first kappa shape index (κ1) is 12.7. The summed E-state index contributed by atoms with van der Waals surface area (Å²) in [4.78, 5) is 11.4. The van der Waals surface area contributed by atoms with Gasteiger partial charge in [-0.3, -0.25) is 0 Å². The van der Waals surface area contributed by atoms with E-state index in [1.54, 1.807) is 12.1 Å². The molecule has 0 fully saturated rings. The van der Waals surface area contributed by atoms with Crippen molar-refractivity contribution in [3.05, 3.63) is 58.5 Å². The van der Waals surface area contributed by atoms with E-state index in [0.717, 1.165) is 5.56 Å². The number of fused-ring (bicyclic) bond motifs is 1. The maximum absolute atomic E-state index is 11.4. The van der Waals surface area contributed by atoms with Crippen molar-refractivity contribution >= 4 is 23.1 Å². The van der Waals surface area contributed by atoms with E-state index in [2.05, 4.69) is 20.6 Å². The Morgan fingerprint density at radius 3 is 2.85 bits per heavy atom. The number of rotatable bonds is 4. The van der Waals surface area contributed by atoms with Gasteiger partial charge in [-0.15, -0.1) is 16.7 Å². The number of hydrogen-bond acceptors (Lipinski definition) is 4. The molecule has 6 nitrogen and oxygen atoms in total. The molecule has 0 bridgehead atoms. The van der Waals surface area contributed by atoms with E-state index in [1.807, 2.05) is 30.3 Å². The number of benzene rings is 1. The van der Waals surface area contributed by atoms with Gasteiger partial charge in [-0.25, -0.2) is 9.89 Å². The summed E-state index contributed by atoms with van der Waals surface area (Å²) in [5.74, 6) is 0.572. The van der Waals surface area contributed by atoms with E-state index in [-0.39, 0.29) is 11.1 Å². The van der Waals surface area contributed by atoms with Gasteiger partial charge in [-0.2, -0.15) is 9.61 Å². The Balaban J connectivity index is 1.73. The molecule has 102 valence electrons. The lowest BCUT2D eigenvalue weighted by atomic mass is 10.1. The summed E-state index contributed by atoms with van der Waals surface area (Å²) in [5.41, 5.74) is 1.14. The molecule has 2 heterocycles. The number of H-pyrrole nitrogens is 1. The smallest absolute Gasteiger partial charge is 0.364 e. The van der Waals surface area contributed by atoms with Crippen LogP contribution in [0.25, 0.3) is 5.65 Å². The SMILES string of the molecule is O=c1[nH]nc2ccc(NCC(Cl)c3ccccc3)nn12. The van der Waals surface area contributed by atoms with Crippen LogP contribution in [0.15, 0.2) is 47.3 Å². The summed E-state index contributed by atoms with van der Waals surface area (Å²) in [6.45, 7) is 0.511.